The van der Waals surface area contributed by atoms with E-state index in [0.29, 0.717) is 0 Å². The van der Waals surface area contributed by atoms with Crippen molar-refractivity contribution in [3.8, 4) is 0 Å². The lowest BCUT2D eigenvalue weighted by molar-refractivity contribution is 0.572. The van der Waals surface area contributed by atoms with Gasteiger partial charge in [-0.25, -0.2) is 9.67 Å². The number of hydrogen-bond donors (Lipinski definition) is 1. The van der Waals surface area contributed by atoms with Crippen LogP contribution in [0.5, 0.6) is 0 Å². The molecule has 2 aromatic rings. The molecule has 0 unspecified atom stereocenters. The highest BCUT2D eigenvalue weighted by atomic mass is 32.1. The van der Waals surface area contributed by atoms with Crippen molar-refractivity contribution < 1.29 is 0 Å². The topological polar surface area (TPSA) is 42.7 Å². The van der Waals surface area contributed by atoms with E-state index in [1.165, 1.54) is 11.1 Å². The largest absolute Gasteiger partial charge is 0.306 e. The number of hydrogen-bond acceptors (Lipinski definition) is 4. The van der Waals surface area contributed by atoms with E-state index in [0.717, 1.165) is 25.5 Å². The Kier molecular flexibility index (Phi) is 3.69. The van der Waals surface area contributed by atoms with Crippen LogP contribution in [0.1, 0.15) is 23.9 Å². The summed E-state index contributed by atoms with van der Waals surface area (Å²) in [5.41, 5.74) is 2.72. The van der Waals surface area contributed by atoms with Crippen LogP contribution in [0.4, 0.5) is 0 Å². The molecule has 2 heterocycles. The molecule has 0 saturated heterocycles. The molecule has 0 saturated carbocycles. The molecule has 0 aliphatic carbocycles. The third-order valence-electron chi connectivity index (χ3n) is 2.56. The minimum absolute atomic E-state index is 0.767. The van der Waals surface area contributed by atoms with E-state index >= 15 is 0 Å². The van der Waals surface area contributed by atoms with Crippen LogP contribution < -0.4 is 5.32 Å². The van der Waals surface area contributed by atoms with Crippen LogP contribution >= 0.6 is 11.3 Å². The van der Waals surface area contributed by atoms with Crippen molar-refractivity contribution in [2.24, 2.45) is 0 Å². The van der Waals surface area contributed by atoms with Gasteiger partial charge in [-0.05, 0) is 35.7 Å². The predicted octanol–water partition coefficient (Wildman–Crippen LogP) is 1.96. The predicted molar refractivity (Wildman–Crippen MR) is 65.3 cm³/mol. The Morgan fingerprint density at radius 3 is 2.94 bits per heavy atom. The highest BCUT2D eigenvalue weighted by Crippen LogP contribution is 2.13. The first-order chi connectivity index (χ1) is 7.81. The maximum atomic E-state index is 4.22. The highest BCUT2D eigenvalue weighted by Gasteiger charge is 2.03. The fraction of sp³-hybridized carbons (Fsp3) is 0.455. The fourth-order valence-corrected chi connectivity index (χ4v) is 2.42. The molecule has 0 fully saturated rings. The van der Waals surface area contributed by atoms with Gasteiger partial charge in [0.15, 0.2) is 0 Å². The van der Waals surface area contributed by atoms with Gasteiger partial charge in [-0.3, -0.25) is 0 Å². The quantitative estimate of drug-likeness (QED) is 0.863. The van der Waals surface area contributed by atoms with Crippen LogP contribution in [0.3, 0.4) is 0 Å². The lowest BCUT2D eigenvalue weighted by Crippen LogP contribution is -2.17. The van der Waals surface area contributed by atoms with Crippen LogP contribution in [0.15, 0.2) is 17.1 Å². The zero-order valence-electron chi connectivity index (χ0n) is 9.60. The monoisotopic (exact) mass is 236 g/mol. The summed E-state index contributed by atoms with van der Waals surface area (Å²) in [6, 6.07) is 0. The maximum absolute atomic E-state index is 4.22. The fourth-order valence-electron chi connectivity index (χ4n) is 1.57. The van der Waals surface area contributed by atoms with Gasteiger partial charge in [0, 0.05) is 13.1 Å². The van der Waals surface area contributed by atoms with Crippen molar-refractivity contribution in [3.05, 3.63) is 34.0 Å². The summed E-state index contributed by atoms with van der Waals surface area (Å²) in [7, 11) is 0. The molecule has 1 N–H and O–H groups in total. The van der Waals surface area contributed by atoms with Crippen molar-refractivity contribution in [2.45, 2.75) is 33.5 Å². The SMILES string of the molecule is CCn1ncnc1CNCc1cscc1C. The third kappa shape index (κ3) is 2.48. The molecule has 0 aliphatic heterocycles. The molecule has 2 aromatic heterocycles. The molecule has 0 aliphatic rings. The molecule has 4 nitrogen and oxygen atoms in total. The van der Waals surface area contributed by atoms with Crippen LogP contribution in [-0.2, 0) is 19.6 Å². The van der Waals surface area contributed by atoms with Gasteiger partial charge in [-0.15, -0.1) is 0 Å². The number of aryl methyl sites for hydroxylation is 2. The summed E-state index contributed by atoms with van der Waals surface area (Å²) in [5, 5.41) is 11.9. The first-order valence-corrected chi connectivity index (χ1v) is 6.34. The van der Waals surface area contributed by atoms with Crippen molar-refractivity contribution in [1.82, 2.24) is 20.1 Å². The molecule has 0 bridgehead atoms. The summed E-state index contributed by atoms with van der Waals surface area (Å²) in [6.07, 6.45) is 1.61. The summed E-state index contributed by atoms with van der Waals surface area (Å²) >= 11 is 1.75. The van der Waals surface area contributed by atoms with E-state index in [4.69, 9.17) is 0 Å². The van der Waals surface area contributed by atoms with Crippen molar-refractivity contribution in [3.63, 3.8) is 0 Å². The summed E-state index contributed by atoms with van der Waals surface area (Å²) < 4.78 is 1.91. The van der Waals surface area contributed by atoms with Crippen LogP contribution in [-0.4, -0.2) is 14.8 Å². The summed E-state index contributed by atoms with van der Waals surface area (Å²) in [5.74, 6) is 0.996. The molecule has 0 amide bonds. The van der Waals surface area contributed by atoms with Crippen LogP contribution in [0, 0.1) is 6.92 Å². The number of aromatic nitrogens is 3. The second kappa shape index (κ2) is 5.23. The molecule has 86 valence electrons. The molecule has 16 heavy (non-hydrogen) atoms. The summed E-state index contributed by atoms with van der Waals surface area (Å²) in [4.78, 5) is 4.22. The van der Waals surface area contributed by atoms with Gasteiger partial charge in [0.2, 0.25) is 0 Å². The Hall–Kier alpha value is -1.20. The minimum Gasteiger partial charge on any atom is -0.306 e. The van der Waals surface area contributed by atoms with E-state index in [9.17, 15) is 0 Å². The summed E-state index contributed by atoms with van der Waals surface area (Å²) in [6.45, 7) is 6.74. The first kappa shape index (κ1) is 11.3. The smallest absolute Gasteiger partial charge is 0.140 e. The van der Waals surface area contributed by atoms with Crippen molar-refractivity contribution in [1.29, 1.82) is 0 Å². The zero-order valence-corrected chi connectivity index (χ0v) is 10.4. The third-order valence-corrected chi connectivity index (χ3v) is 3.47. The Balaban J connectivity index is 1.87. The standard InChI is InChI=1S/C11H16N4S/c1-3-15-11(13-8-14-15)5-12-4-10-7-16-6-9(10)2/h6-8,12H,3-5H2,1-2H3. The lowest BCUT2D eigenvalue weighted by Gasteiger charge is -2.05. The average Bonchev–Trinajstić information content (AvgIpc) is 2.88. The normalized spacial score (nSPS) is 10.9. The van der Waals surface area contributed by atoms with Crippen molar-refractivity contribution >= 4 is 11.3 Å². The van der Waals surface area contributed by atoms with Gasteiger partial charge in [-0.2, -0.15) is 16.4 Å². The van der Waals surface area contributed by atoms with Crippen LogP contribution in [0.2, 0.25) is 0 Å². The average molecular weight is 236 g/mol. The molecular weight excluding hydrogens is 220 g/mol. The van der Waals surface area contributed by atoms with Gasteiger partial charge in [0.1, 0.15) is 12.2 Å². The molecule has 0 atom stereocenters. The Morgan fingerprint density at radius 1 is 1.38 bits per heavy atom. The lowest BCUT2D eigenvalue weighted by atomic mass is 10.2. The molecule has 0 aromatic carbocycles. The molecule has 0 radical (unpaired) electrons. The second-order valence-corrected chi connectivity index (χ2v) is 4.42. The van der Waals surface area contributed by atoms with E-state index < -0.39 is 0 Å². The molecule has 2 rings (SSSR count). The van der Waals surface area contributed by atoms with E-state index in [-0.39, 0.29) is 0 Å². The number of rotatable bonds is 5. The van der Waals surface area contributed by atoms with Crippen molar-refractivity contribution in [2.75, 3.05) is 0 Å². The molecule has 5 heteroatoms. The van der Waals surface area contributed by atoms with E-state index in [1.807, 2.05) is 4.68 Å². The number of nitrogens with one attached hydrogen (secondary N) is 1. The van der Waals surface area contributed by atoms with Gasteiger partial charge in [0.25, 0.3) is 0 Å². The Morgan fingerprint density at radius 2 is 2.25 bits per heavy atom. The number of thiophene rings is 1. The van der Waals surface area contributed by atoms with Gasteiger partial charge in [0.05, 0.1) is 6.54 Å². The van der Waals surface area contributed by atoms with E-state index in [1.54, 1.807) is 17.7 Å². The minimum atomic E-state index is 0.767. The van der Waals surface area contributed by atoms with E-state index in [2.05, 4.69) is 40.0 Å². The molecular formula is C11H16N4S. The van der Waals surface area contributed by atoms with Gasteiger partial charge in [-0.1, -0.05) is 0 Å². The Labute approximate surface area is 99.3 Å². The number of nitrogens with zero attached hydrogens (tertiary/aromatic N) is 3. The first-order valence-electron chi connectivity index (χ1n) is 5.40. The zero-order chi connectivity index (χ0) is 11.4. The van der Waals surface area contributed by atoms with Crippen LogP contribution in [0.25, 0.3) is 0 Å². The highest BCUT2D eigenvalue weighted by molar-refractivity contribution is 7.08. The molecule has 0 spiro atoms. The second-order valence-electron chi connectivity index (χ2n) is 3.68. The maximum Gasteiger partial charge on any atom is 0.140 e. The van der Waals surface area contributed by atoms with Gasteiger partial charge >= 0.3 is 0 Å². The van der Waals surface area contributed by atoms with Gasteiger partial charge < -0.3 is 5.32 Å². The Bertz CT molecular complexity index is 446.